The number of carbonyl (C=O) groups is 1. The first-order chi connectivity index (χ1) is 8.87. The van der Waals surface area contributed by atoms with Crippen molar-refractivity contribution in [1.82, 2.24) is 4.90 Å². The van der Waals surface area contributed by atoms with Crippen LogP contribution in [0, 0.1) is 0 Å². The predicted octanol–water partition coefficient (Wildman–Crippen LogP) is 2.54. The Kier molecular flexibility index (Phi) is 4.36. The zero-order valence-corrected chi connectivity index (χ0v) is 12.3. The standard InChI is InChI=1S/C14H25NO4/c1-14(2,3)19-13(16)15(4)10-9-11(10)18-12-7-5-6-8-17-12/h10-12H,5-9H2,1-4H3. The first kappa shape index (κ1) is 14.6. The summed E-state index contributed by atoms with van der Waals surface area (Å²) in [6.07, 6.45) is 3.83. The molecule has 2 rings (SSSR count). The van der Waals surface area contributed by atoms with Gasteiger partial charge in [0.05, 0.1) is 12.1 Å². The molecule has 0 aromatic heterocycles. The highest BCUT2D eigenvalue weighted by molar-refractivity contribution is 5.68. The van der Waals surface area contributed by atoms with Gasteiger partial charge in [0.25, 0.3) is 0 Å². The summed E-state index contributed by atoms with van der Waals surface area (Å²) in [6, 6.07) is 0.125. The van der Waals surface area contributed by atoms with Gasteiger partial charge in [0.2, 0.25) is 0 Å². The molecule has 0 bridgehead atoms. The number of nitrogens with zero attached hydrogens (tertiary/aromatic N) is 1. The van der Waals surface area contributed by atoms with Crippen molar-refractivity contribution in [3.8, 4) is 0 Å². The van der Waals surface area contributed by atoms with E-state index in [-0.39, 0.29) is 24.5 Å². The Morgan fingerprint density at radius 3 is 2.63 bits per heavy atom. The van der Waals surface area contributed by atoms with Gasteiger partial charge < -0.3 is 19.1 Å². The summed E-state index contributed by atoms with van der Waals surface area (Å²) >= 11 is 0. The number of carbonyl (C=O) groups excluding carboxylic acids is 1. The molecule has 0 radical (unpaired) electrons. The molecule has 0 aromatic rings. The van der Waals surface area contributed by atoms with Crippen molar-refractivity contribution in [2.24, 2.45) is 0 Å². The summed E-state index contributed by atoms with van der Waals surface area (Å²) in [5.74, 6) is 0. The number of ether oxygens (including phenoxy) is 3. The zero-order valence-electron chi connectivity index (χ0n) is 12.3. The van der Waals surface area contributed by atoms with Gasteiger partial charge in [0.1, 0.15) is 5.60 Å². The lowest BCUT2D eigenvalue weighted by molar-refractivity contribution is -0.171. The second-order valence-corrected chi connectivity index (χ2v) is 6.36. The average Bonchev–Trinajstić information content (AvgIpc) is 3.06. The molecule has 1 amide bonds. The van der Waals surface area contributed by atoms with E-state index in [2.05, 4.69) is 0 Å². The van der Waals surface area contributed by atoms with Crippen LogP contribution >= 0.6 is 0 Å². The Hall–Kier alpha value is -0.810. The molecule has 0 N–H and O–H groups in total. The molecule has 1 heterocycles. The molecule has 1 saturated carbocycles. The van der Waals surface area contributed by atoms with Crippen LogP contribution in [0.25, 0.3) is 0 Å². The topological polar surface area (TPSA) is 48.0 Å². The van der Waals surface area contributed by atoms with Crippen LogP contribution in [0.5, 0.6) is 0 Å². The van der Waals surface area contributed by atoms with Crippen LogP contribution in [0.1, 0.15) is 46.5 Å². The Labute approximate surface area is 115 Å². The lowest BCUT2D eigenvalue weighted by Crippen LogP contribution is -2.37. The van der Waals surface area contributed by atoms with Crippen molar-refractivity contribution >= 4 is 6.09 Å². The third-order valence-electron chi connectivity index (χ3n) is 3.34. The smallest absolute Gasteiger partial charge is 0.410 e. The van der Waals surface area contributed by atoms with Crippen molar-refractivity contribution < 1.29 is 19.0 Å². The van der Waals surface area contributed by atoms with E-state index in [1.54, 1.807) is 11.9 Å². The largest absolute Gasteiger partial charge is 0.444 e. The van der Waals surface area contributed by atoms with Crippen molar-refractivity contribution in [3.05, 3.63) is 0 Å². The fourth-order valence-electron chi connectivity index (χ4n) is 2.20. The lowest BCUT2D eigenvalue weighted by Gasteiger charge is -2.26. The molecule has 0 aromatic carbocycles. The first-order valence-electron chi connectivity index (χ1n) is 7.10. The van der Waals surface area contributed by atoms with Crippen molar-refractivity contribution in [3.63, 3.8) is 0 Å². The Bertz CT molecular complexity index is 320. The second kappa shape index (κ2) is 5.67. The van der Waals surface area contributed by atoms with Gasteiger partial charge in [-0.15, -0.1) is 0 Å². The summed E-state index contributed by atoms with van der Waals surface area (Å²) in [7, 11) is 1.77. The van der Waals surface area contributed by atoms with Crippen molar-refractivity contribution in [1.29, 1.82) is 0 Å². The number of hydrogen-bond donors (Lipinski definition) is 0. The van der Waals surface area contributed by atoms with Gasteiger partial charge in [-0.3, -0.25) is 0 Å². The van der Waals surface area contributed by atoms with E-state index >= 15 is 0 Å². The van der Waals surface area contributed by atoms with Crippen LogP contribution in [0.3, 0.4) is 0 Å². The molecule has 5 heteroatoms. The SMILES string of the molecule is CN(C(=O)OC(C)(C)C)C1CC1OC1CCCCO1. The fraction of sp³-hybridized carbons (Fsp3) is 0.929. The third-order valence-corrected chi connectivity index (χ3v) is 3.34. The van der Waals surface area contributed by atoms with Crippen molar-refractivity contribution in [2.45, 2.75) is 70.5 Å². The van der Waals surface area contributed by atoms with Gasteiger partial charge >= 0.3 is 6.09 Å². The minimum Gasteiger partial charge on any atom is -0.444 e. The maximum absolute atomic E-state index is 11.9. The van der Waals surface area contributed by atoms with Gasteiger partial charge in [-0.25, -0.2) is 4.79 Å². The highest BCUT2D eigenvalue weighted by atomic mass is 16.7. The Morgan fingerprint density at radius 2 is 2.05 bits per heavy atom. The van der Waals surface area contributed by atoms with E-state index in [0.29, 0.717) is 0 Å². The molecule has 19 heavy (non-hydrogen) atoms. The van der Waals surface area contributed by atoms with Gasteiger partial charge in [-0.2, -0.15) is 0 Å². The van der Waals surface area contributed by atoms with Crippen LogP contribution in [-0.4, -0.2) is 48.7 Å². The molecule has 2 fully saturated rings. The van der Waals surface area contributed by atoms with E-state index in [0.717, 1.165) is 32.3 Å². The highest BCUT2D eigenvalue weighted by Gasteiger charge is 2.46. The maximum atomic E-state index is 11.9. The molecule has 2 aliphatic rings. The quantitative estimate of drug-likeness (QED) is 0.791. The van der Waals surface area contributed by atoms with Crippen LogP contribution in [0.4, 0.5) is 4.79 Å². The number of rotatable bonds is 3. The van der Waals surface area contributed by atoms with Gasteiger partial charge in [0.15, 0.2) is 6.29 Å². The molecule has 5 nitrogen and oxygen atoms in total. The van der Waals surface area contributed by atoms with E-state index in [1.807, 2.05) is 20.8 Å². The first-order valence-corrected chi connectivity index (χ1v) is 7.10. The summed E-state index contributed by atoms with van der Waals surface area (Å²) in [4.78, 5) is 13.5. The molecule has 3 atom stereocenters. The molecule has 1 aliphatic heterocycles. The Balaban J connectivity index is 1.73. The van der Waals surface area contributed by atoms with E-state index < -0.39 is 5.60 Å². The summed E-state index contributed by atoms with van der Waals surface area (Å²) in [5.41, 5.74) is -0.455. The molecular weight excluding hydrogens is 246 g/mol. The second-order valence-electron chi connectivity index (χ2n) is 6.36. The summed E-state index contributed by atoms with van der Waals surface area (Å²) in [5, 5.41) is 0. The number of hydrogen-bond acceptors (Lipinski definition) is 4. The molecule has 3 unspecified atom stereocenters. The normalized spacial score (nSPS) is 30.8. The van der Waals surface area contributed by atoms with E-state index in [4.69, 9.17) is 14.2 Å². The summed E-state index contributed by atoms with van der Waals surface area (Å²) < 4.78 is 16.7. The Morgan fingerprint density at radius 1 is 1.32 bits per heavy atom. The molecule has 1 aliphatic carbocycles. The van der Waals surface area contributed by atoms with Gasteiger partial charge in [-0.1, -0.05) is 0 Å². The lowest BCUT2D eigenvalue weighted by atomic mass is 10.2. The third kappa shape index (κ3) is 4.35. The molecule has 0 spiro atoms. The maximum Gasteiger partial charge on any atom is 0.410 e. The minimum atomic E-state index is -0.455. The fourth-order valence-corrected chi connectivity index (χ4v) is 2.20. The molecular formula is C14H25NO4. The molecule has 1 saturated heterocycles. The molecule has 110 valence electrons. The average molecular weight is 271 g/mol. The van der Waals surface area contributed by atoms with Gasteiger partial charge in [-0.05, 0) is 46.5 Å². The monoisotopic (exact) mass is 271 g/mol. The van der Waals surface area contributed by atoms with E-state index in [1.165, 1.54) is 0 Å². The van der Waals surface area contributed by atoms with Crippen LogP contribution < -0.4 is 0 Å². The van der Waals surface area contributed by atoms with Crippen LogP contribution in [0.2, 0.25) is 0 Å². The minimum absolute atomic E-state index is 0.0872. The number of amides is 1. The van der Waals surface area contributed by atoms with Crippen molar-refractivity contribution in [2.75, 3.05) is 13.7 Å². The predicted molar refractivity (Wildman–Crippen MR) is 70.9 cm³/mol. The summed E-state index contributed by atoms with van der Waals surface area (Å²) in [6.45, 7) is 6.39. The van der Waals surface area contributed by atoms with E-state index in [9.17, 15) is 4.79 Å². The van der Waals surface area contributed by atoms with Crippen LogP contribution in [0.15, 0.2) is 0 Å². The van der Waals surface area contributed by atoms with Gasteiger partial charge in [0, 0.05) is 13.7 Å². The van der Waals surface area contributed by atoms with Crippen LogP contribution in [-0.2, 0) is 14.2 Å². The highest BCUT2D eigenvalue weighted by Crippen LogP contribution is 2.33. The number of likely N-dealkylation sites (N-methyl/N-ethyl adjacent to an activating group) is 1. The zero-order chi connectivity index (χ0) is 14.0.